The molecular formula is C7H9N3O2S. The molecule has 0 aromatic carbocycles. The third kappa shape index (κ3) is 2.90. The average molecular weight is 199 g/mol. The van der Waals surface area contributed by atoms with E-state index in [0.29, 0.717) is 12.3 Å². The molecule has 0 aliphatic rings. The highest BCUT2D eigenvalue weighted by atomic mass is 32.1. The van der Waals surface area contributed by atoms with Gasteiger partial charge in [-0.15, -0.1) is 0 Å². The Balaban J connectivity index is 2.66. The van der Waals surface area contributed by atoms with Crippen LogP contribution >= 0.6 is 12.6 Å². The molecule has 70 valence electrons. The van der Waals surface area contributed by atoms with Crippen molar-refractivity contribution in [1.82, 2.24) is 15.5 Å². The third-order valence-corrected chi connectivity index (χ3v) is 1.53. The second-order valence-electron chi connectivity index (χ2n) is 2.29. The molecule has 13 heavy (non-hydrogen) atoms. The van der Waals surface area contributed by atoms with E-state index in [1.165, 1.54) is 12.1 Å². The number of aromatic amines is 1. The molecule has 0 saturated carbocycles. The van der Waals surface area contributed by atoms with Gasteiger partial charge in [-0.25, -0.2) is 5.10 Å². The Labute approximate surface area is 80.0 Å². The molecule has 2 N–H and O–H groups in total. The molecule has 0 aliphatic carbocycles. The molecule has 1 amide bonds. The Bertz CT molecular complexity index is 329. The zero-order valence-corrected chi connectivity index (χ0v) is 7.67. The first-order valence-electron chi connectivity index (χ1n) is 3.69. The molecule has 0 atom stereocenters. The van der Waals surface area contributed by atoms with Gasteiger partial charge in [-0.05, 0) is 6.07 Å². The summed E-state index contributed by atoms with van der Waals surface area (Å²) in [6, 6.07) is 2.62. The predicted molar refractivity (Wildman–Crippen MR) is 51.0 cm³/mol. The zero-order chi connectivity index (χ0) is 9.68. The van der Waals surface area contributed by atoms with E-state index < -0.39 is 0 Å². The van der Waals surface area contributed by atoms with Crippen molar-refractivity contribution in [2.75, 3.05) is 12.3 Å². The minimum atomic E-state index is -0.328. The van der Waals surface area contributed by atoms with Crippen molar-refractivity contribution >= 4 is 18.5 Å². The third-order valence-electron chi connectivity index (χ3n) is 1.31. The molecule has 5 nitrogen and oxygen atoms in total. The molecule has 6 heteroatoms. The number of rotatable bonds is 3. The van der Waals surface area contributed by atoms with Gasteiger partial charge in [0.1, 0.15) is 5.69 Å². The molecule has 1 heterocycles. The largest absolute Gasteiger partial charge is 0.350 e. The summed E-state index contributed by atoms with van der Waals surface area (Å²) in [7, 11) is 0. The lowest BCUT2D eigenvalue weighted by Crippen LogP contribution is -2.27. The van der Waals surface area contributed by atoms with Crippen LogP contribution < -0.4 is 10.9 Å². The number of H-pyrrole nitrogens is 1. The minimum absolute atomic E-state index is 0.196. The van der Waals surface area contributed by atoms with Crippen LogP contribution in [0.15, 0.2) is 16.9 Å². The molecule has 0 unspecified atom stereocenters. The molecule has 0 aliphatic heterocycles. The van der Waals surface area contributed by atoms with E-state index in [4.69, 9.17) is 0 Å². The summed E-state index contributed by atoms with van der Waals surface area (Å²) < 4.78 is 0. The Morgan fingerprint density at radius 2 is 2.38 bits per heavy atom. The van der Waals surface area contributed by atoms with E-state index in [1.807, 2.05) is 0 Å². The number of amides is 1. The van der Waals surface area contributed by atoms with Gasteiger partial charge in [-0.1, -0.05) is 0 Å². The molecule has 1 rings (SSSR count). The fourth-order valence-electron chi connectivity index (χ4n) is 0.731. The van der Waals surface area contributed by atoms with Crippen LogP contribution in [0.25, 0.3) is 0 Å². The van der Waals surface area contributed by atoms with E-state index in [2.05, 4.69) is 28.1 Å². The summed E-state index contributed by atoms with van der Waals surface area (Å²) in [5.74, 6) is 0.250. The number of carbonyl (C=O) groups excluding carboxylic acids is 1. The number of thiol groups is 1. The van der Waals surface area contributed by atoms with Gasteiger partial charge in [-0.2, -0.15) is 17.7 Å². The van der Waals surface area contributed by atoms with E-state index in [1.54, 1.807) is 0 Å². The first kappa shape index (κ1) is 9.79. The quantitative estimate of drug-likeness (QED) is 0.571. The maximum absolute atomic E-state index is 11.2. The van der Waals surface area contributed by atoms with Crippen LogP contribution in [-0.4, -0.2) is 28.4 Å². The van der Waals surface area contributed by atoms with Gasteiger partial charge in [0.25, 0.3) is 11.5 Å². The van der Waals surface area contributed by atoms with Crippen molar-refractivity contribution in [3.63, 3.8) is 0 Å². The van der Waals surface area contributed by atoms with Crippen molar-refractivity contribution in [2.45, 2.75) is 0 Å². The van der Waals surface area contributed by atoms with Crippen LogP contribution in [0, 0.1) is 0 Å². The van der Waals surface area contributed by atoms with E-state index in [9.17, 15) is 9.59 Å². The Morgan fingerprint density at radius 3 is 2.92 bits per heavy atom. The summed E-state index contributed by atoms with van der Waals surface area (Å²) in [5.41, 5.74) is -0.132. The standard InChI is InChI=1S/C7H9N3O2S/c11-6-2-1-5(9-10-6)7(12)8-3-4-13/h1-2,13H,3-4H2,(H,8,12)(H,10,11). The lowest BCUT2D eigenvalue weighted by atomic mass is 10.4. The van der Waals surface area contributed by atoms with Crippen LogP contribution in [0.3, 0.4) is 0 Å². The van der Waals surface area contributed by atoms with Crippen LogP contribution in [0.2, 0.25) is 0 Å². The first-order valence-corrected chi connectivity index (χ1v) is 4.32. The van der Waals surface area contributed by atoms with Gasteiger partial charge in [0, 0.05) is 18.4 Å². The van der Waals surface area contributed by atoms with E-state index in [0.717, 1.165) is 0 Å². The van der Waals surface area contributed by atoms with Crippen LogP contribution in [0.1, 0.15) is 10.5 Å². The van der Waals surface area contributed by atoms with Crippen LogP contribution in [0.4, 0.5) is 0 Å². The molecule has 0 saturated heterocycles. The maximum Gasteiger partial charge on any atom is 0.271 e. The predicted octanol–water partition coefficient (Wildman–Crippen LogP) is -0.571. The SMILES string of the molecule is O=C(NCCS)c1ccc(=O)[nH]n1. The van der Waals surface area contributed by atoms with Crippen molar-refractivity contribution < 1.29 is 4.79 Å². The second kappa shape index (κ2) is 4.66. The monoisotopic (exact) mass is 199 g/mol. The summed E-state index contributed by atoms with van der Waals surface area (Å²) in [6.45, 7) is 0.475. The highest BCUT2D eigenvalue weighted by Gasteiger charge is 2.04. The zero-order valence-electron chi connectivity index (χ0n) is 6.78. The van der Waals surface area contributed by atoms with Gasteiger partial charge in [-0.3, -0.25) is 9.59 Å². The second-order valence-corrected chi connectivity index (χ2v) is 2.73. The Kier molecular flexibility index (Phi) is 3.51. The average Bonchev–Trinajstić information content (AvgIpc) is 2.15. The van der Waals surface area contributed by atoms with Crippen molar-refractivity contribution in [2.24, 2.45) is 0 Å². The van der Waals surface area contributed by atoms with Crippen LogP contribution in [0.5, 0.6) is 0 Å². The molecule has 1 aromatic rings. The molecule has 0 radical (unpaired) electrons. The maximum atomic E-state index is 11.2. The molecule has 0 spiro atoms. The molecule has 0 fully saturated rings. The summed E-state index contributed by atoms with van der Waals surface area (Å²) in [4.78, 5) is 21.8. The minimum Gasteiger partial charge on any atom is -0.350 e. The number of carbonyl (C=O) groups is 1. The fourth-order valence-corrected chi connectivity index (χ4v) is 0.843. The smallest absolute Gasteiger partial charge is 0.271 e. The van der Waals surface area contributed by atoms with Gasteiger partial charge in [0.05, 0.1) is 0 Å². The number of nitrogens with one attached hydrogen (secondary N) is 2. The molecular weight excluding hydrogens is 190 g/mol. The van der Waals surface area contributed by atoms with Crippen molar-refractivity contribution in [3.8, 4) is 0 Å². The summed E-state index contributed by atoms with van der Waals surface area (Å²) in [5, 5.41) is 8.30. The normalized spacial score (nSPS) is 9.62. The van der Waals surface area contributed by atoms with Gasteiger partial charge < -0.3 is 5.32 Å². The van der Waals surface area contributed by atoms with Crippen LogP contribution in [-0.2, 0) is 0 Å². The number of aromatic nitrogens is 2. The topological polar surface area (TPSA) is 74.8 Å². The molecule has 0 bridgehead atoms. The van der Waals surface area contributed by atoms with Gasteiger partial charge in [0.2, 0.25) is 0 Å². The number of nitrogens with zero attached hydrogens (tertiary/aromatic N) is 1. The number of hydrogen-bond acceptors (Lipinski definition) is 4. The Hall–Kier alpha value is -1.30. The van der Waals surface area contributed by atoms with Crippen molar-refractivity contribution in [3.05, 3.63) is 28.2 Å². The van der Waals surface area contributed by atoms with E-state index in [-0.39, 0.29) is 17.2 Å². The van der Waals surface area contributed by atoms with Gasteiger partial charge >= 0.3 is 0 Å². The lowest BCUT2D eigenvalue weighted by molar-refractivity contribution is 0.0950. The summed E-state index contributed by atoms with van der Waals surface area (Å²) in [6.07, 6.45) is 0. The van der Waals surface area contributed by atoms with Crippen molar-refractivity contribution in [1.29, 1.82) is 0 Å². The summed E-state index contributed by atoms with van der Waals surface area (Å²) >= 11 is 3.93. The number of hydrogen-bond donors (Lipinski definition) is 3. The Morgan fingerprint density at radius 1 is 1.62 bits per heavy atom. The van der Waals surface area contributed by atoms with Gasteiger partial charge in [0.15, 0.2) is 0 Å². The van der Waals surface area contributed by atoms with E-state index >= 15 is 0 Å². The highest BCUT2D eigenvalue weighted by molar-refractivity contribution is 7.80. The lowest BCUT2D eigenvalue weighted by Gasteiger charge is -2.00. The fraction of sp³-hybridized carbons (Fsp3) is 0.286. The first-order chi connectivity index (χ1) is 6.24. The highest BCUT2D eigenvalue weighted by Crippen LogP contribution is 1.87. The molecule has 1 aromatic heterocycles.